The van der Waals surface area contributed by atoms with Gasteiger partial charge in [-0.3, -0.25) is 0 Å². The molecule has 1 aromatic rings. The van der Waals surface area contributed by atoms with Gasteiger partial charge in [0.05, 0.1) is 5.01 Å². The van der Waals surface area contributed by atoms with Crippen molar-refractivity contribution < 1.29 is 4.74 Å². The molecule has 0 atom stereocenters. The lowest BCUT2D eigenvalue weighted by Crippen LogP contribution is -2.43. The van der Waals surface area contributed by atoms with Crippen LogP contribution in [0.5, 0.6) is 0 Å². The molecule has 0 aliphatic carbocycles. The van der Waals surface area contributed by atoms with Crippen LogP contribution in [0, 0.1) is 5.92 Å². The van der Waals surface area contributed by atoms with Crippen molar-refractivity contribution in [2.45, 2.75) is 38.0 Å². The van der Waals surface area contributed by atoms with Crippen LogP contribution < -0.4 is 0 Å². The lowest BCUT2D eigenvalue weighted by atomic mass is 9.80. The highest BCUT2D eigenvalue weighted by atomic mass is 32.1. The van der Waals surface area contributed by atoms with Crippen LogP contribution in [0.1, 0.15) is 37.6 Å². The monoisotopic (exact) mass is 280 g/mol. The number of ether oxygens (including phenoxy) is 1. The average Bonchev–Trinajstić information content (AvgIpc) is 2.98. The van der Waals surface area contributed by atoms with Crippen molar-refractivity contribution in [3.8, 4) is 0 Å². The Morgan fingerprint density at radius 2 is 2.11 bits per heavy atom. The number of nitrogens with zero attached hydrogens (tertiary/aromatic N) is 2. The van der Waals surface area contributed by atoms with Crippen LogP contribution in [0.3, 0.4) is 0 Å². The number of hydrogen-bond acceptors (Lipinski definition) is 4. The quantitative estimate of drug-likeness (QED) is 0.851. The van der Waals surface area contributed by atoms with Crippen LogP contribution >= 0.6 is 11.3 Å². The van der Waals surface area contributed by atoms with E-state index in [0.717, 1.165) is 19.1 Å². The Bertz CT molecular complexity index is 379. The van der Waals surface area contributed by atoms with Gasteiger partial charge in [0, 0.05) is 36.8 Å². The van der Waals surface area contributed by atoms with Crippen LogP contribution in [0.4, 0.5) is 0 Å². The SMILES string of the molecule is CC1(c2nccs2)CCN(CC2CCOCC2)CC1. The van der Waals surface area contributed by atoms with Crippen LogP contribution in [0.2, 0.25) is 0 Å². The first kappa shape index (κ1) is 13.5. The van der Waals surface area contributed by atoms with E-state index in [0.29, 0.717) is 5.41 Å². The van der Waals surface area contributed by atoms with Crippen LogP contribution in [0.25, 0.3) is 0 Å². The molecule has 0 aromatic carbocycles. The molecular weight excluding hydrogens is 256 g/mol. The maximum atomic E-state index is 5.45. The lowest BCUT2D eigenvalue weighted by molar-refractivity contribution is 0.0454. The highest BCUT2D eigenvalue weighted by molar-refractivity contribution is 7.09. The van der Waals surface area contributed by atoms with Crippen molar-refractivity contribution in [3.63, 3.8) is 0 Å². The van der Waals surface area contributed by atoms with E-state index in [9.17, 15) is 0 Å². The van der Waals surface area contributed by atoms with Crippen molar-refractivity contribution in [1.29, 1.82) is 0 Å². The predicted octanol–water partition coefficient (Wildman–Crippen LogP) is 2.92. The zero-order chi connectivity index (χ0) is 13.1. The molecule has 0 unspecified atom stereocenters. The zero-order valence-corrected chi connectivity index (χ0v) is 12.6. The highest BCUT2D eigenvalue weighted by Gasteiger charge is 2.34. The largest absolute Gasteiger partial charge is 0.381 e. The Balaban J connectivity index is 1.51. The predicted molar refractivity (Wildman–Crippen MR) is 78.7 cm³/mol. The van der Waals surface area contributed by atoms with Crippen LogP contribution in [-0.4, -0.2) is 42.7 Å². The summed E-state index contributed by atoms with van der Waals surface area (Å²) in [7, 11) is 0. The van der Waals surface area contributed by atoms with Gasteiger partial charge in [-0.05, 0) is 44.7 Å². The van der Waals surface area contributed by atoms with Crippen molar-refractivity contribution >= 4 is 11.3 Å². The standard InChI is InChI=1S/C15H24N2OS/c1-15(14-16-6-11-19-14)4-7-17(8-5-15)12-13-2-9-18-10-3-13/h6,11,13H,2-5,7-10,12H2,1H3. The number of likely N-dealkylation sites (tertiary alicyclic amines) is 1. The molecule has 0 radical (unpaired) electrons. The van der Waals surface area contributed by atoms with E-state index < -0.39 is 0 Å². The minimum atomic E-state index is 0.320. The fourth-order valence-electron chi connectivity index (χ4n) is 3.26. The molecule has 0 bridgehead atoms. The fraction of sp³-hybridized carbons (Fsp3) is 0.800. The van der Waals surface area contributed by atoms with Gasteiger partial charge in [0.2, 0.25) is 0 Å². The summed E-state index contributed by atoms with van der Waals surface area (Å²) in [4.78, 5) is 7.19. The maximum absolute atomic E-state index is 5.45. The molecular formula is C15H24N2OS. The first-order valence-electron chi connectivity index (χ1n) is 7.46. The van der Waals surface area contributed by atoms with E-state index in [-0.39, 0.29) is 0 Å². The van der Waals surface area contributed by atoms with Gasteiger partial charge in [-0.1, -0.05) is 6.92 Å². The Morgan fingerprint density at radius 1 is 1.37 bits per heavy atom. The number of aromatic nitrogens is 1. The molecule has 0 N–H and O–H groups in total. The molecule has 2 fully saturated rings. The van der Waals surface area contributed by atoms with E-state index in [2.05, 4.69) is 22.2 Å². The smallest absolute Gasteiger partial charge is 0.0984 e. The average molecular weight is 280 g/mol. The van der Waals surface area contributed by atoms with Crippen molar-refractivity contribution in [3.05, 3.63) is 16.6 Å². The van der Waals surface area contributed by atoms with E-state index in [4.69, 9.17) is 4.74 Å². The molecule has 3 heterocycles. The normalized spacial score (nSPS) is 25.5. The summed E-state index contributed by atoms with van der Waals surface area (Å²) in [6, 6.07) is 0. The molecule has 0 saturated carbocycles. The molecule has 0 amide bonds. The van der Waals surface area contributed by atoms with Crippen molar-refractivity contribution in [1.82, 2.24) is 9.88 Å². The minimum absolute atomic E-state index is 0.320. The summed E-state index contributed by atoms with van der Waals surface area (Å²) in [5.74, 6) is 0.859. The summed E-state index contributed by atoms with van der Waals surface area (Å²) in [6.07, 6.45) is 6.95. The topological polar surface area (TPSA) is 25.4 Å². The lowest BCUT2D eigenvalue weighted by Gasteiger charge is -2.40. The number of piperidine rings is 1. The number of rotatable bonds is 3. The summed E-state index contributed by atoms with van der Waals surface area (Å²) >= 11 is 1.82. The molecule has 1 aromatic heterocycles. The van der Waals surface area contributed by atoms with Gasteiger partial charge in [0.15, 0.2) is 0 Å². The van der Waals surface area contributed by atoms with Gasteiger partial charge in [0.25, 0.3) is 0 Å². The molecule has 4 heteroatoms. The first-order valence-corrected chi connectivity index (χ1v) is 8.34. The molecule has 3 nitrogen and oxygen atoms in total. The van der Waals surface area contributed by atoms with Crippen molar-refractivity contribution in [2.24, 2.45) is 5.92 Å². The summed E-state index contributed by atoms with van der Waals surface area (Å²) in [5.41, 5.74) is 0.320. The Morgan fingerprint density at radius 3 is 2.74 bits per heavy atom. The Kier molecular flexibility index (Phi) is 4.20. The van der Waals surface area contributed by atoms with E-state index in [1.54, 1.807) is 0 Å². The molecule has 2 aliphatic heterocycles. The highest BCUT2D eigenvalue weighted by Crippen LogP contribution is 2.36. The van der Waals surface area contributed by atoms with Gasteiger partial charge in [0.1, 0.15) is 0 Å². The van der Waals surface area contributed by atoms with E-state index >= 15 is 0 Å². The molecule has 2 aliphatic rings. The van der Waals surface area contributed by atoms with Gasteiger partial charge in [-0.25, -0.2) is 4.98 Å². The third kappa shape index (κ3) is 3.18. The van der Waals surface area contributed by atoms with Gasteiger partial charge in [-0.2, -0.15) is 0 Å². The summed E-state index contributed by atoms with van der Waals surface area (Å²) in [6.45, 7) is 8.06. The fourth-order valence-corrected chi connectivity index (χ4v) is 4.12. The second-order valence-corrected chi connectivity index (χ2v) is 7.15. The maximum Gasteiger partial charge on any atom is 0.0984 e. The second-order valence-electron chi connectivity index (χ2n) is 6.25. The van der Waals surface area contributed by atoms with E-state index in [1.165, 1.54) is 50.3 Å². The summed E-state index contributed by atoms with van der Waals surface area (Å²) < 4.78 is 5.45. The third-order valence-electron chi connectivity index (χ3n) is 4.77. The van der Waals surface area contributed by atoms with Gasteiger partial charge in [-0.15, -0.1) is 11.3 Å². The second kappa shape index (κ2) is 5.90. The van der Waals surface area contributed by atoms with Crippen molar-refractivity contribution in [2.75, 3.05) is 32.8 Å². The molecule has 106 valence electrons. The Hall–Kier alpha value is -0.450. The van der Waals surface area contributed by atoms with Crippen LogP contribution in [-0.2, 0) is 10.2 Å². The molecule has 3 rings (SSSR count). The minimum Gasteiger partial charge on any atom is -0.381 e. The van der Waals surface area contributed by atoms with Gasteiger partial charge < -0.3 is 9.64 Å². The molecule has 2 saturated heterocycles. The molecule has 0 spiro atoms. The van der Waals surface area contributed by atoms with Crippen LogP contribution in [0.15, 0.2) is 11.6 Å². The zero-order valence-electron chi connectivity index (χ0n) is 11.8. The molecule has 19 heavy (non-hydrogen) atoms. The number of thiazole rings is 1. The first-order chi connectivity index (χ1) is 9.26. The van der Waals surface area contributed by atoms with Gasteiger partial charge >= 0.3 is 0 Å². The van der Waals surface area contributed by atoms with E-state index in [1.807, 2.05) is 17.5 Å². The third-order valence-corrected chi connectivity index (χ3v) is 5.84. The summed E-state index contributed by atoms with van der Waals surface area (Å²) in [5, 5.41) is 3.44. The number of hydrogen-bond donors (Lipinski definition) is 0. The Labute approximate surface area is 120 Å².